The van der Waals surface area contributed by atoms with Crippen molar-refractivity contribution in [3.8, 4) is 34.4 Å². The second-order valence-corrected chi connectivity index (χ2v) is 19.6. The van der Waals surface area contributed by atoms with Crippen molar-refractivity contribution in [1.29, 1.82) is 10.5 Å². The molecule has 4 bridgehead atoms. The molecule has 2 saturated carbocycles. The van der Waals surface area contributed by atoms with E-state index >= 15 is 0 Å². The lowest BCUT2D eigenvalue weighted by Crippen LogP contribution is -2.58. The van der Waals surface area contributed by atoms with E-state index in [0.717, 1.165) is 11.1 Å². The number of rotatable bonds is 0. The van der Waals surface area contributed by atoms with E-state index in [1.807, 2.05) is 0 Å². The van der Waals surface area contributed by atoms with E-state index in [4.69, 9.17) is 0 Å². The zero-order valence-electron chi connectivity index (χ0n) is 32.6. The van der Waals surface area contributed by atoms with E-state index in [1.165, 1.54) is 151 Å². The molecule has 7 aromatic rings. The molecule has 0 radical (unpaired) electrons. The topological polar surface area (TPSA) is 52.0 Å². The van der Waals surface area contributed by atoms with Crippen LogP contribution in [0, 0.1) is 22.7 Å². The fraction of sp³-hybridized carbons (Fsp3) is 0.385. The molecule has 55 heavy (non-hydrogen) atoms. The van der Waals surface area contributed by atoms with Gasteiger partial charge < -0.3 is 4.40 Å². The first-order valence-corrected chi connectivity index (χ1v) is 21.1. The summed E-state index contributed by atoms with van der Waals surface area (Å²) in [6.45, 7) is 12.7. The van der Waals surface area contributed by atoms with Gasteiger partial charge in [-0.25, -0.2) is 0 Å². The van der Waals surface area contributed by atoms with E-state index in [2.05, 4.69) is 112 Å². The molecule has 0 amide bonds. The first kappa shape index (κ1) is 31.1. The standard InChI is InChI=1S/C52H45N3/c1-50(2)34-12-8-6-10-32(34)42-46-44-36(22-30(24-53)38-26-14-18-28(19-15-26)40(38)44)55-37-23-31(25-54)39-27-16-20-29(21-17-27)41(39)45(37)47(49(46)55)43-33-11-7-9-13-35(33)51(3,4)52(50,5)48(42)43/h6-13,22-23,26-29H,14-21H2,1-5H3. The predicted molar refractivity (Wildman–Crippen MR) is 223 cm³/mol. The molecule has 0 aliphatic heterocycles. The van der Waals surface area contributed by atoms with Gasteiger partial charge in [0.2, 0.25) is 0 Å². The van der Waals surface area contributed by atoms with Crippen LogP contribution in [0.1, 0.15) is 160 Å². The molecule has 0 saturated heterocycles. The van der Waals surface area contributed by atoms with Crippen LogP contribution in [-0.2, 0) is 16.2 Å². The van der Waals surface area contributed by atoms with Gasteiger partial charge in [-0.1, -0.05) is 83.1 Å². The molecular weight excluding hydrogens is 667 g/mol. The van der Waals surface area contributed by atoms with E-state index < -0.39 is 0 Å². The van der Waals surface area contributed by atoms with Gasteiger partial charge in [0.05, 0.1) is 39.8 Å². The number of hydrogen-bond acceptors (Lipinski definition) is 2. The van der Waals surface area contributed by atoms with Gasteiger partial charge in [0, 0.05) is 37.8 Å². The number of aromatic nitrogens is 1. The normalized spacial score (nSPS) is 27.1. The van der Waals surface area contributed by atoms with Crippen LogP contribution in [0.4, 0.5) is 0 Å². The van der Waals surface area contributed by atoms with Crippen LogP contribution >= 0.6 is 0 Å². The molecule has 8 aliphatic rings. The van der Waals surface area contributed by atoms with Crippen molar-refractivity contribution < 1.29 is 0 Å². The Labute approximate surface area is 322 Å². The molecule has 3 nitrogen and oxygen atoms in total. The van der Waals surface area contributed by atoms with Crippen molar-refractivity contribution in [2.45, 2.75) is 126 Å². The lowest BCUT2D eigenvalue weighted by Gasteiger charge is -2.61. The zero-order chi connectivity index (χ0) is 37.1. The van der Waals surface area contributed by atoms with E-state index in [9.17, 15) is 10.5 Å². The Bertz CT molecular complexity index is 2850. The molecule has 3 heteroatoms. The van der Waals surface area contributed by atoms with E-state index in [0.29, 0.717) is 23.7 Å². The van der Waals surface area contributed by atoms with Crippen molar-refractivity contribution in [3.63, 3.8) is 0 Å². The summed E-state index contributed by atoms with van der Waals surface area (Å²) in [5, 5.41) is 27.5. The zero-order valence-corrected chi connectivity index (χ0v) is 32.6. The molecule has 0 atom stereocenters. The lowest BCUT2D eigenvalue weighted by atomic mass is 9.41. The summed E-state index contributed by atoms with van der Waals surface area (Å²) in [6.07, 6.45) is 9.56. The monoisotopic (exact) mass is 711 g/mol. The summed E-state index contributed by atoms with van der Waals surface area (Å²) in [7, 11) is 0. The SMILES string of the molecule is CC1(C)c2ccccc2-c2c3c(c4c5c6c(c(C#N)cc5n5c7cc(C#N)c8c(c7c2c45)C2CCC8CC2)C2CCC6CC2)-c2ccccc2C(C)(C)C31C. The van der Waals surface area contributed by atoms with Crippen LogP contribution in [-0.4, -0.2) is 4.40 Å². The Morgan fingerprint density at radius 2 is 0.909 bits per heavy atom. The van der Waals surface area contributed by atoms with Crippen molar-refractivity contribution in [3.05, 3.63) is 111 Å². The third kappa shape index (κ3) is 3.14. The van der Waals surface area contributed by atoms with Gasteiger partial charge in [0.25, 0.3) is 0 Å². The van der Waals surface area contributed by atoms with Crippen molar-refractivity contribution in [1.82, 2.24) is 4.40 Å². The van der Waals surface area contributed by atoms with E-state index in [1.54, 1.807) is 0 Å². The highest BCUT2D eigenvalue weighted by Crippen LogP contribution is 2.70. The third-order valence-electron chi connectivity index (χ3n) is 17.5. The second kappa shape index (κ2) is 9.63. The molecule has 2 heterocycles. The predicted octanol–water partition coefficient (Wildman–Crippen LogP) is 13.3. The minimum absolute atomic E-state index is 0.182. The van der Waals surface area contributed by atoms with Gasteiger partial charge in [-0.2, -0.15) is 10.5 Å². The van der Waals surface area contributed by atoms with Crippen LogP contribution in [0.3, 0.4) is 0 Å². The molecular formula is C52H45N3. The molecule has 5 aromatic carbocycles. The number of benzene rings is 5. The average molecular weight is 712 g/mol. The maximum atomic E-state index is 10.9. The molecule has 2 aromatic heterocycles. The molecule has 8 aliphatic carbocycles. The highest BCUT2D eigenvalue weighted by atomic mass is 14.9. The van der Waals surface area contributed by atoms with Gasteiger partial charge in [-0.3, -0.25) is 0 Å². The molecule has 2 fully saturated rings. The fourth-order valence-electron chi connectivity index (χ4n) is 14.8. The van der Waals surface area contributed by atoms with Crippen LogP contribution < -0.4 is 0 Å². The van der Waals surface area contributed by atoms with Gasteiger partial charge >= 0.3 is 0 Å². The van der Waals surface area contributed by atoms with Crippen molar-refractivity contribution >= 4 is 38.1 Å². The quantitative estimate of drug-likeness (QED) is 0.157. The summed E-state index contributed by atoms with van der Waals surface area (Å²) in [5.41, 5.74) is 20.4. The minimum atomic E-state index is -0.257. The van der Waals surface area contributed by atoms with Crippen molar-refractivity contribution in [2.75, 3.05) is 0 Å². The number of fused-ring (bicyclic) bond motifs is 16. The Kier molecular flexibility index (Phi) is 5.45. The highest BCUT2D eigenvalue weighted by molar-refractivity contribution is 6.33. The Balaban J connectivity index is 1.41. The minimum Gasteiger partial charge on any atom is -0.308 e. The first-order chi connectivity index (χ1) is 26.6. The number of nitrogens with zero attached hydrogens (tertiary/aromatic N) is 3. The summed E-state index contributed by atoms with van der Waals surface area (Å²) < 4.78 is 2.58. The first-order valence-electron chi connectivity index (χ1n) is 21.1. The largest absolute Gasteiger partial charge is 0.308 e. The molecule has 15 rings (SSSR count). The maximum absolute atomic E-state index is 10.9. The second-order valence-electron chi connectivity index (χ2n) is 19.6. The van der Waals surface area contributed by atoms with Gasteiger partial charge in [0.15, 0.2) is 0 Å². The van der Waals surface area contributed by atoms with Crippen LogP contribution in [0.25, 0.3) is 60.3 Å². The Hall–Kier alpha value is -5.12. The van der Waals surface area contributed by atoms with Crippen molar-refractivity contribution in [2.24, 2.45) is 0 Å². The average Bonchev–Trinajstić information content (AvgIpc) is 3.74. The molecule has 0 unspecified atom stereocenters. The number of hydrogen-bond donors (Lipinski definition) is 0. The lowest BCUT2D eigenvalue weighted by molar-refractivity contribution is 0.158. The molecule has 0 spiro atoms. The molecule has 0 N–H and O–H groups in total. The summed E-state index contributed by atoms with van der Waals surface area (Å²) in [5.74, 6) is 1.84. The van der Waals surface area contributed by atoms with Gasteiger partial charge in [-0.15, -0.1) is 0 Å². The van der Waals surface area contributed by atoms with Crippen LogP contribution in [0.15, 0.2) is 60.7 Å². The maximum Gasteiger partial charge on any atom is 0.0995 e. The van der Waals surface area contributed by atoms with Crippen LogP contribution in [0.5, 0.6) is 0 Å². The van der Waals surface area contributed by atoms with Crippen LogP contribution in [0.2, 0.25) is 0 Å². The summed E-state index contributed by atoms with van der Waals surface area (Å²) in [4.78, 5) is 0. The highest BCUT2D eigenvalue weighted by Gasteiger charge is 2.61. The Morgan fingerprint density at radius 3 is 1.31 bits per heavy atom. The smallest absolute Gasteiger partial charge is 0.0995 e. The summed E-state index contributed by atoms with van der Waals surface area (Å²) in [6, 6.07) is 28.8. The fourth-order valence-corrected chi connectivity index (χ4v) is 14.8. The van der Waals surface area contributed by atoms with Gasteiger partial charge in [0.1, 0.15) is 0 Å². The Morgan fingerprint density at radius 1 is 0.527 bits per heavy atom. The molecule has 268 valence electrons. The third-order valence-corrected chi connectivity index (χ3v) is 17.5. The van der Waals surface area contributed by atoms with Gasteiger partial charge in [-0.05, 0) is 148 Å². The van der Waals surface area contributed by atoms with E-state index in [-0.39, 0.29) is 16.2 Å². The number of nitriles is 2. The summed E-state index contributed by atoms with van der Waals surface area (Å²) >= 11 is 0.